The van der Waals surface area contributed by atoms with Gasteiger partial charge in [-0.15, -0.1) is 28.3 Å². The lowest BCUT2D eigenvalue weighted by atomic mass is 10.1. The third-order valence-corrected chi connectivity index (χ3v) is 3.90. The van der Waals surface area contributed by atoms with Crippen molar-refractivity contribution in [2.75, 3.05) is 13.7 Å². The fourth-order valence-electron chi connectivity index (χ4n) is 1.90. The molecule has 104 valence electrons. The number of methoxy groups -OCH3 is 1. The van der Waals surface area contributed by atoms with Crippen LogP contribution in [0.5, 0.6) is 0 Å². The van der Waals surface area contributed by atoms with E-state index < -0.39 is 0 Å². The average Bonchev–Trinajstić information content (AvgIpc) is 2.62. The van der Waals surface area contributed by atoms with E-state index in [0.29, 0.717) is 18.0 Å². The van der Waals surface area contributed by atoms with E-state index in [2.05, 4.69) is 0 Å². The minimum Gasteiger partial charge on any atom is -0.383 e. The predicted molar refractivity (Wildman–Crippen MR) is 85.5 cm³/mol. The van der Waals surface area contributed by atoms with Crippen LogP contribution in [0.1, 0.15) is 4.88 Å². The first kappa shape index (κ1) is 16.4. The molecule has 19 heavy (non-hydrogen) atoms. The molecule has 0 spiro atoms. The van der Waals surface area contributed by atoms with E-state index in [4.69, 9.17) is 21.7 Å². The van der Waals surface area contributed by atoms with Crippen LogP contribution in [0.25, 0.3) is 11.3 Å². The molecule has 0 amide bonds. The van der Waals surface area contributed by atoms with Crippen LogP contribution in [-0.2, 0) is 11.3 Å². The highest BCUT2D eigenvalue weighted by Gasteiger charge is 2.11. The van der Waals surface area contributed by atoms with Crippen LogP contribution in [0.4, 0.5) is 0 Å². The Bertz CT molecular complexity index is 592. The molecule has 0 aliphatic heterocycles. The van der Waals surface area contributed by atoms with Crippen LogP contribution in [-0.4, -0.2) is 18.3 Å². The smallest absolute Gasteiger partial charge is 0.182 e. The van der Waals surface area contributed by atoms with Crippen LogP contribution in [0, 0.1) is 12.3 Å². The summed E-state index contributed by atoms with van der Waals surface area (Å²) in [6, 6.07) is 7.72. The Hall–Kier alpha value is -0.620. The maximum absolute atomic E-state index is 8.00. The molecule has 0 unspecified atom stereocenters. The zero-order chi connectivity index (χ0) is 13.1. The van der Waals surface area contributed by atoms with Crippen molar-refractivity contribution in [1.29, 1.82) is 5.41 Å². The van der Waals surface area contributed by atoms with Crippen LogP contribution >= 0.6 is 39.9 Å². The van der Waals surface area contributed by atoms with Crippen molar-refractivity contribution in [2.24, 2.45) is 0 Å². The van der Waals surface area contributed by atoms with Crippen LogP contribution in [0.2, 0.25) is 5.02 Å². The molecule has 0 aliphatic carbocycles. The van der Waals surface area contributed by atoms with Gasteiger partial charge in [0.1, 0.15) is 0 Å². The Morgan fingerprint density at radius 1 is 1.32 bits per heavy atom. The maximum Gasteiger partial charge on any atom is 0.182 e. The summed E-state index contributed by atoms with van der Waals surface area (Å²) >= 11 is 7.39. The standard InChI is InChI=1S/C13H15ClN2OS.BrH/c1-9-12(10-3-5-11(14)6-4-10)16(7-8-17-2)13(15)18-9;/h3-6,15H,7-8H2,1-2H3;1H. The number of halogens is 2. The third-order valence-electron chi connectivity index (χ3n) is 2.73. The zero-order valence-corrected chi connectivity index (χ0v) is 14.1. The molecular formula is C13H16BrClN2OS. The van der Waals surface area contributed by atoms with Crippen molar-refractivity contribution in [3.05, 3.63) is 39.0 Å². The first-order chi connectivity index (χ1) is 8.63. The Morgan fingerprint density at radius 3 is 2.53 bits per heavy atom. The second kappa shape index (κ2) is 7.24. The highest BCUT2D eigenvalue weighted by molar-refractivity contribution is 8.93. The summed E-state index contributed by atoms with van der Waals surface area (Å²) in [4.78, 5) is 1.69. The largest absolute Gasteiger partial charge is 0.383 e. The maximum atomic E-state index is 8.00. The number of hydrogen-bond donors (Lipinski definition) is 1. The molecule has 0 atom stereocenters. The molecule has 1 aromatic carbocycles. The number of nitrogens with one attached hydrogen (secondary N) is 1. The van der Waals surface area contributed by atoms with Gasteiger partial charge in [0.15, 0.2) is 4.80 Å². The van der Waals surface area contributed by atoms with Gasteiger partial charge in [-0.05, 0) is 24.6 Å². The lowest BCUT2D eigenvalue weighted by Gasteiger charge is -2.09. The first-order valence-corrected chi connectivity index (χ1v) is 6.82. The molecular weight excluding hydrogens is 348 g/mol. The van der Waals surface area contributed by atoms with E-state index in [1.54, 1.807) is 7.11 Å². The normalized spacial score (nSPS) is 10.3. The molecule has 1 heterocycles. The number of aromatic nitrogens is 1. The van der Waals surface area contributed by atoms with E-state index in [1.807, 2.05) is 35.8 Å². The van der Waals surface area contributed by atoms with E-state index >= 15 is 0 Å². The SMILES string of the molecule is Br.COCCn1c(-c2ccc(Cl)cc2)c(C)sc1=N. The lowest BCUT2D eigenvalue weighted by Crippen LogP contribution is -2.17. The first-order valence-electron chi connectivity index (χ1n) is 5.63. The van der Waals surface area contributed by atoms with Crippen molar-refractivity contribution in [3.63, 3.8) is 0 Å². The summed E-state index contributed by atoms with van der Waals surface area (Å²) in [6.07, 6.45) is 0. The van der Waals surface area contributed by atoms with Gasteiger partial charge in [0.2, 0.25) is 0 Å². The second-order valence-electron chi connectivity index (χ2n) is 3.96. The van der Waals surface area contributed by atoms with Crippen LogP contribution in [0.15, 0.2) is 24.3 Å². The summed E-state index contributed by atoms with van der Waals surface area (Å²) in [5.41, 5.74) is 2.17. The molecule has 6 heteroatoms. The predicted octanol–water partition coefficient (Wildman–Crippen LogP) is 3.88. The summed E-state index contributed by atoms with van der Waals surface area (Å²) in [7, 11) is 1.67. The molecule has 0 bridgehead atoms. The van der Waals surface area contributed by atoms with Gasteiger partial charge in [0, 0.05) is 23.6 Å². The Balaban J connectivity index is 0.00000180. The summed E-state index contributed by atoms with van der Waals surface area (Å²) in [5.74, 6) is 0. The molecule has 3 nitrogen and oxygen atoms in total. The number of rotatable bonds is 4. The fourth-order valence-corrected chi connectivity index (χ4v) is 2.94. The Labute approximate surface area is 132 Å². The fraction of sp³-hybridized carbons (Fsp3) is 0.308. The second-order valence-corrected chi connectivity index (χ2v) is 5.60. The number of hydrogen-bond acceptors (Lipinski definition) is 3. The highest BCUT2D eigenvalue weighted by atomic mass is 79.9. The number of thiazole rings is 1. The third kappa shape index (κ3) is 3.69. The average molecular weight is 364 g/mol. The molecule has 2 aromatic rings. The van der Waals surface area contributed by atoms with E-state index in [1.165, 1.54) is 11.3 Å². The van der Waals surface area contributed by atoms with Crippen LogP contribution < -0.4 is 4.80 Å². The van der Waals surface area contributed by atoms with Gasteiger partial charge in [0.25, 0.3) is 0 Å². The van der Waals surface area contributed by atoms with Gasteiger partial charge >= 0.3 is 0 Å². The van der Waals surface area contributed by atoms with Gasteiger partial charge in [-0.2, -0.15) is 0 Å². The zero-order valence-electron chi connectivity index (χ0n) is 10.8. The summed E-state index contributed by atoms with van der Waals surface area (Å²) in [5, 5.41) is 8.73. The van der Waals surface area contributed by atoms with Crippen molar-refractivity contribution in [3.8, 4) is 11.3 Å². The van der Waals surface area contributed by atoms with Gasteiger partial charge in [0.05, 0.1) is 12.3 Å². The quantitative estimate of drug-likeness (QED) is 0.879. The molecule has 1 N–H and O–H groups in total. The number of aryl methyl sites for hydroxylation is 1. The molecule has 0 aliphatic rings. The van der Waals surface area contributed by atoms with E-state index in [9.17, 15) is 0 Å². The monoisotopic (exact) mass is 362 g/mol. The summed E-state index contributed by atoms with van der Waals surface area (Å²) < 4.78 is 7.08. The Kier molecular flexibility index (Phi) is 6.26. The van der Waals surface area contributed by atoms with Gasteiger partial charge < -0.3 is 9.30 Å². The minimum absolute atomic E-state index is 0. The molecule has 2 rings (SSSR count). The Morgan fingerprint density at radius 2 is 1.95 bits per heavy atom. The molecule has 0 fully saturated rings. The molecule has 0 radical (unpaired) electrons. The highest BCUT2D eigenvalue weighted by Crippen LogP contribution is 2.26. The van der Waals surface area contributed by atoms with Crippen molar-refractivity contribution >= 4 is 39.9 Å². The number of nitrogens with zero attached hydrogens (tertiary/aromatic N) is 1. The van der Waals surface area contributed by atoms with Crippen LogP contribution in [0.3, 0.4) is 0 Å². The molecule has 1 aromatic heterocycles. The topological polar surface area (TPSA) is 38.0 Å². The van der Waals surface area contributed by atoms with Gasteiger partial charge in [-0.1, -0.05) is 23.7 Å². The lowest BCUT2D eigenvalue weighted by molar-refractivity contribution is 0.187. The molecule has 0 saturated carbocycles. The van der Waals surface area contributed by atoms with Crippen molar-refractivity contribution < 1.29 is 4.74 Å². The molecule has 0 saturated heterocycles. The van der Waals surface area contributed by atoms with E-state index in [0.717, 1.165) is 21.2 Å². The van der Waals surface area contributed by atoms with Crippen molar-refractivity contribution in [1.82, 2.24) is 4.57 Å². The summed E-state index contributed by atoms with van der Waals surface area (Å²) in [6.45, 7) is 3.33. The minimum atomic E-state index is 0. The van der Waals surface area contributed by atoms with E-state index in [-0.39, 0.29) is 17.0 Å². The number of benzene rings is 1. The number of ether oxygens (including phenoxy) is 1. The van der Waals surface area contributed by atoms with Gasteiger partial charge in [-0.25, -0.2) is 0 Å². The van der Waals surface area contributed by atoms with Gasteiger partial charge in [-0.3, -0.25) is 5.41 Å². The van der Waals surface area contributed by atoms with Crippen molar-refractivity contribution in [2.45, 2.75) is 13.5 Å².